The second kappa shape index (κ2) is 6.72. The van der Waals surface area contributed by atoms with Crippen LogP contribution in [0.25, 0.3) is 0 Å². The zero-order chi connectivity index (χ0) is 18.1. The van der Waals surface area contributed by atoms with Gasteiger partial charge in [-0.1, -0.05) is 6.07 Å². The van der Waals surface area contributed by atoms with Crippen molar-refractivity contribution in [3.8, 4) is 0 Å². The summed E-state index contributed by atoms with van der Waals surface area (Å²) in [5, 5.41) is 0. The highest BCUT2D eigenvalue weighted by molar-refractivity contribution is 7.89. The van der Waals surface area contributed by atoms with Crippen molar-refractivity contribution in [2.45, 2.75) is 30.8 Å². The molecular formula is C15H19F3N2O3S. The summed E-state index contributed by atoms with van der Waals surface area (Å²) >= 11 is 0. The van der Waals surface area contributed by atoms with Crippen molar-refractivity contribution >= 4 is 15.9 Å². The van der Waals surface area contributed by atoms with Crippen molar-refractivity contribution in [1.29, 1.82) is 0 Å². The molecule has 2 rings (SSSR count). The highest BCUT2D eigenvalue weighted by Gasteiger charge is 2.42. The van der Waals surface area contributed by atoms with Crippen LogP contribution < -0.4 is 4.72 Å². The minimum Gasteiger partial charge on any atom is -0.338 e. The van der Waals surface area contributed by atoms with Gasteiger partial charge in [-0.15, -0.1) is 0 Å². The second-order valence-electron chi connectivity index (χ2n) is 5.82. The van der Waals surface area contributed by atoms with Gasteiger partial charge in [-0.3, -0.25) is 4.79 Å². The monoisotopic (exact) mass is 364 g/mol. The summed E-state index contributed by atoms with van der Waals surface area (Å²) in [6, 6.07) is 4.04. The van der Waals surface area contributed by atoms with Gasteiger partial charge in [0.25, 0.3) is 5.91 Å². The molecule has 0 aromatic heterocycles. The van der Waals surface area contributed by atoms with Gasteiger partial charge in [0.2, 0.25) is 10.0 Å². The standard InChI is InChI=1S/C15H19F3N2O3S/c1-10-5-6-12(24(22,23)19-2)8-13(10)14(21)20-7-3-4-11(9-20)15(16,17)18/h5-6,8,11,19H,3-4,7,9H2,1-2H3. The molecule has 0 spiro atoms. The Balaban J connectivity index is 2.31. The van der Waals surface area contributed by atoms with Crippen LogP contribution in [-0.2, 0) is 10.0 Å². The number of likely N-dealkylation sites (tertiary alicyclic amines) is 1. The summed E-state index contributed by atoms with van der Waals surface area (Å²) in [4.78, 5) is 13.7. The molecule has 1 aromatic rings. The molecule has 1 unspecified atom stereocenters. The van der Waals surface area contributed by atoms with Crippen molar-refractivity contribution in [2.24, 2.45) is 5.92 Å². The lowest BCUT2D eigenvalue weighted by atomic mass is 9.96. The molecule has 1 aromatic carbocycles. The molecule has 1 aliphatic rings. The molecule has 134 valence electrons. The Bertz CT molecular complexity index is 732. The quantitative estimate of drug-likeness (QED) is 0.895. The molecule has 24 heavy (non-hydrogen) atoms. The van der Waals surface area contributed by atoms with Crippen molar-refractivity contribution < 1.29 is 26.4 Å². The highest BCUT2D eigenvalue weighted by atomic mass is 32.2. The van der Waals surface area contributed by atoms with Crippen LogP contribution in [0.3, 0.4) is 0 Å². The molecule has 0 radical (unpaired) electrons. The van der Waals surface area contributed by atoms with E-state index in [1.54, 1.807) is 6.92 Å². The molecule has 0 bridgehead atoms. The fraction of sp³-hybridized carbons (Fsp3) is 0.533. The number of sulfonamides is 1. The third-order valence-electron chi connectivity index (χ3n) is 4.19. The van der Waals surface area contributed by atoms with Gasteiger partial charge >= 0.3 is 6.18 Å². The lowest BCUT2D eigenvalue weighted by Crippen LogP contribution is -2.44. The Kier molecular flexibility index (Phi) is 5.24. The van der Waals surface area contributed by atoms with Crippen molar-refractivity contribution in [3.05, 3.63) is 29.3 Å². The first-order valence-corrected chi connectivity index (χ1v) is 8.95. The molecule has 1 fully saturated rings. The van der Waals surface area contributed by atoms with Gasteiger partial charge in [0.15, 0.2) is 0 Å². The van der Waals surface area contributed by atoms with E-state index >= 15 is 0 Å². The van der Waals surface area contributed by atoms with Crippen LogP contribution in [0.1, 0.15) is 28.8 Å². The Morgan fingerprint density at radius 3 is 2.58 bits per heavy atom. The Labute approximate surface area is 138 Å². The summed E-state index contributed by atoms with van der Waals surface area (Å²) in [6.45, 7) is 1.45. The number of rotatable bonds is 3. The Hall–Kier alpha value is -1.61. The van der Waals surface area contributed by atoms with Gasteiger partial charge in [-0.25, -0.2) is 13.1 Å². The van der Waals surface area contributed by atoms with Crippen LogP contribution in [0, 0.1) is 12.8 Å². The van der Waals surface area contributed by atoms with E-state index in [9.17, 15) is 26.4 Å². The number of hydrogen-bond acceptors (Lipinski definition) is 3. The smallest absolute Gasteiger partial charge is 0.338 e. The third-order valence-corrected chi connectivity index (χ3v) is 5.60. The van der Waals surface area contributed by atoms with Crippen LogP contribution >= 0.6 is 0 Å². The molecule has 5 nitrogen and oxygen atoms in total. The molecule has 0 aliphatic carbocycles. The third kappa shape index (κ3) is 3.89. The Morgan fingerprint density at radius 2 is 2.00 bits per heavy atom. The molecule has 1 saturated heterocycles. The molecule has 1 amide bonds. The number of piperidine rings is 1. The fourth-order valence-electron chi connectivity index (χ4n) is 2.72. The minimum absolute atomic E-state index is 0.000432. The van der Waals surface area contributed by atoms with Gasteiger partial charge < -0.3 is 4.90 Å². The first-order chi connectivity index (χ1) is 11.1. The maximum absolute atomic E-state index is 12.9. The van der Waals surface area contributed by atoms with E-state index in [4.69, 9.17) is 0 Å². The first-order valence-electron chi connectivity index (χ1n) is 7.46. The predicted molar refractivity (Wildman–Crippen MR) is 82.1 cm³/mol. The molecule has 1 heterocycles. The average Bonchev–Trinajstić information content (AvgIpc) is 2.53. The highest BCUT2D eigenvalue weighted by Crippen LogP contribution is 2.33. The van der Waals surface area contributed by atoms with Crippen molar-refractivity contribution in [2.75, 3.05) is 20.1 Å². The maximum Gasteiger partial charge on any atom is 0.393 e. The number of amides is 1. The Morgan fingerprint density at radius 1 is 1.33 bits per heavy atom. The number of nitrogens with zero attached hydrogens (tertiary/aromatic N) is 1. The van der Waals surface area contributed by atoms with E-state index in [1.165, 1.54) is 25.2 Å². The normalized spacial score (nSPS) is 19.4. The number of hydrogen-bond donors (Lipinski definition) is 1. The predicted octanol–water partition coefficient (Wildman–Crippen LogP) is 2.32. The fourth-order valence-corrected chi connectivity index (χ4v) is 3.47. The number of carbonyl (C=O) groups excluding carboxylic acids is 1. The van der Waals surface area contributed by atoms with E-state index < -0.39 is 34.6 Å². The molecular weight excluding hydrogens is 345 g/mol. The maximum atomic E-state index is 12.9. The van der Waals surface area contributed by atoms with Gasteiger partial charge in [-0.2, -0.15) is 13.2 Å². The number of nitrogens with one attached hydrogen (secondary N) is 1. The van der Waals surface area contributed by atoms with Gasteiger partial charge in [0.05, 0.1) is 10.8 Å². The molecule has 9 heteroatoms. The summed E-state index contributed by atoms with van der Waals surface area (Å²) in [6.07, 6.45) is -4.07. The van der Waals surface area contributed by atoms with Crippen LogP contribution in [0.2, 0.25) is 0 Å². The number of alkyl halides is 3. The van der Waals surface area contributed by atoms with Crippen molar-refractivity contribution in [3.63, 3.8) is 0 Å². The second-order valence-corrected chi connectivity index (χ2v) is 7.70. The summed E-state index contributed by atoms with van der Waals surface area (Å²) < 4.78 is 64.6. The van der Waals surface area contributed by atoms with Crippen LogP contribution in [-0.4, -0.2) is 45.5 Å². The van der Waals surface area contributed by atoms with Gasteiger partial charge in [0, 0.05) is 18.7 Å². The average molecular weight is 364 g/mol. The number of halogens is 3. The summed E-state index contributed by atoms with van der Waals surface area (Å²) in [7, 11) is -2.49. The number of aryl methyl sites for hydroxylation is 1. The number of benzene rings is 1. The van der Waals surface area contributed by atoms with E-state index in [0.29, 0.717) is 5.56 Å². The van der Waals surface area contributed by atoms with Crippen LogP contribution in [0.15, 0.2) is 23.1 Å². The molecule has 0 saturated carbocycles. The first kappa shape index (κ1) is 18.7. The zero-order valence-electron chi connectivity index (χ0n) is 13.4. The minimum atomic E-state index is -4.34. The van der Waals surface area contributed by atoms with E-state index in [0.717, 1.165) is 4.90 Å². The zero-order valence-corrected chi connectivity index (χ0v) is 14.2. The largest absolute Gasteiger partial charge is 0.393 e. The van der Waals surface area contributed by atoms with E-state index in [1.807, 2.05) is 0 Å². The lowest BCUT2D eigenvalue weighted by Gasteiger charge is -2.34. The summed E-state index contributed by atoms with van der Waals surface area (Å²) in [5.74, 6) is -2.12. The van der Waals surface area contributed by atoms with Crippen molar-refractivity contribution in [1.82, 2.24) is 9.62 Å². The van der Waals surface area contributed by atoms with E-state index in [-0.39, 0.29) is 29.8 Å². The van der Waals surface area contributed by atoms with Gasteiger partial charge in [-0.05, 0) is 44.5 Å². The molecule has 1 atom stereocenters. The van der Waals surface area contributed by atoms with Gasteiger partial charge in [0.1, 0.15) is 0 Å². The summed E-state index contributed by atoms with van der Waals surface area (Å²) in [5.41, 5.74) is 0.623. The van der Waals surface area contributed by atoms with E-state index in [2.05, 4.69) is 4.72 Å². The lowest BCUT2D eigenvalue weighted by molar-refractivity contribution is -0.184. The van der Waals surface area contributed by atoms with Crippen LogP contribution in [0.4, 0.5) is 13.2 Å². The molecule has 1 aliphatic heterocycles. The molecule has 1 N–H and O–H groups in total. The topological polar surface area (TPSA) is 66.5 Å². The SMILES string of the molecule is CNS(=O)(=O)c1ccc(C)c(C(=O)N2CCCC(C(F)(F)F)C2)c1. The van der Waals surface area contributed by atoms with Crippen LogP contribution in [0.5, 0.6) is 0 Å². The number of carbonyl (C=O) groups is 1.